The van der Waals surface area contributed by atoms with Crippen LogP contribution in [0.2, 0.25) is 0 Å². The van der Waals surface area contributed by atoms with Crippen molar-refractivity contribution in [1.29, 1.82) is 0 Å². The number of hydrogen-bond donors (Lipinski definition) is 0. The zero-order valence-electron chi connectivity index (χ0n) is 12.5. The molecule has 7 nitrogen and oxygen atoms in total. The number of methoxy groups -OCH3 is 1. The third kappa shape index (κ3) is 2.36. The predicted molar refractivity (Wildman–Crippen MR) is 78.3 cm³/mol. The molecule has 0 radical (unpaired) electrons. The number of anilines is 1. The Hall–Kier alpha value is -1.67. The highest BCUT2D eigenvalue weighted by molar-refractivity contribution is 7.90. The van der Waals surface area contributed by atoms with Gasteiger partial charge in [0.2, 0.25) is 0 Å². The normalized spacial score (nSPS) is 27.7. The zero-order chi connectivity index (χ0) is 16.0. The molecule has 3 rings (SSSR count). The second-order valence-electron chi connectivity index (χ2n) is 5.86. The predicted octanol–water partition coefficient (Wildman–Crippen LogP) is 0.111. The Morgan fingerprint density at radius 1 is 1.50 bits per heavy atom. The number of rotatable bonds is 3. The van der Waals surface area contributed by atoms with Gasteiger partial charge in [0.15, 0.2) is 9.84 Å². The monoisotopic (exact) mass is 326 g/mol. The second-order valence-corrected chi connectivity index (χ2v) is 7.88. The quantitative estimate of drug-likeness (QED) is 0.729. The molecule has 0 aromatic carbocycles. The Morgan fingerprint density at radius 2 is 2.27 bits per heavy atom. The van der Waals surface area contributed by atoms with Crippen LogP contribution in [0.15, 0.2) is 23.2 Å². The molecule has 2 atom stereocenters. The molecular weight excluding hydrogens is 308 g/mol. The summed E-state index contributed by atoms with van der Waals surface area (Å²) >= 11 is 0. The fourth-order valence-corrected chi connectivity index (χ4v) is 3.74. The summed E-state index contributed by atoms with van der Waals surface area (Å²) in [4.78, 5) is 18.5. The number of esters is 1. The topological polar surface area (TPSA) is 85.8 Å². The fourth-order valence-electron chi connectivity index (χ4n) is 3.18. The van der Waals surface area contributed by atoms with Crippen LogP contribution < -0.4 is 4.90 Å². The molecule has 22 heavy (non-hydrogen) atoms. The zero-order valence-corrected chi connectivity index (χ0v) is 13.3. The van der Waals surface area contributed by atoms with E-state index in [2.05, 4.69) is 4.98 Å². The van der Waals surface area contributed by atoms with Crippen LogP contribution in [0, 0.1) is 11.3 Å². The molecule has 1 aromatic heterocycles. The molecule has 0 unspecified atom stereocenters. The van der Waals surface area contributed by atoms with Gasteiger partial charge in [0, 0.05) is 31.5 Å². The summed E-state index contributed by atoms with van der Waals surface area (Å²) in [5.74, 6) is 0.465. The molecule has 120 valence electrons. The summed E-state index contributed by atoms with van der Waals surface area (Å²) in [6, 6.07) is 3.20. The van der Waals surface area contributed by atoms with E-state index in [1.54, 1.807) is 6.07 Å². The van der Waals surface area contributed by atoms with Gasteiger partial charge in [0.1, 0.15) is 11.2 Å². The van der Waals surface area contributed by atoms with Gasteiger partial charge >= 0.3 is 5.97 Å². The van der Waals surface area contributed by atoms with Crippen molar-refractivity contribution in [2.45, 2.75) is 4.90 Å². The summed E-state index contributed by atoms with van der Waals surface area (Å²) in [5, 5.41) is 0. The van der Waals surface area contributed by atoms with Crippen molar-refractivity contribution < 1.29 is 22.7 Å². The Labute approximate surface area is 129 Å². The Bertz CT molecular complexity index is 688. The molecule has 2 aliphatic heterocycles. The van der Waals surface area contributed by atoms with Gasteiger partial charge in [-0.2, -0.15) is 0 Å². The van der Waals surface area contributed by atoms with E-state index in [4.69, 9.17) is 9.47 Å². The van der Waals surface area contributed by atoms with Crippen LogP contribution in [-0.4, -0.2) is 59.0 Å². The Balaban J connectivity index is 1.85. The minimum absolute atomic E-state index is 0.0661. The third-order valence-electron chi connectivity index (χ3n) is 4.44. The average Bonchev–Trinajstić information content (AvgIpc) is 3.03. The van der Waals surface area contributed by atoms with Gasteiger partial charge < -0.3 is 14.4 Å². The van der Waals surface area contributed by atoms with Crippen molar-refractivity contribution in [3.05, 3.63) is 18.3 Å². The van der Waals surface area contributed by atoms with Crippen LogP contribution in [0.1, 0.15) is 0 Å². The van der Waals surface area contributed by atoms with Gasteiger partial charge in [0.05, 0.1) is 25.2 Å². The first-order chi connectivity index (χ1) is 10.4. The number of carbonyl (C=O) groups is 1. The minimum atomic E-state index is -3.26. The van der Waals surface area contributed by atoms with Crippen LogP contribution in [0.3, 0.4) is 0 Å². The summed E-state index contributed by atoms with van der Waals surface area (Å²) in [6.45, 7) is 1.98. The molecule has 0 bridgehead atoms. The van der Waals surface area contributed by atoms with Crippen LogP contribution in [0.25, 0.3) is 0 Å². The fraction of sp³-hybridized carbons (Fsp3) is 0.571. The summed E-state index contributed by atoms with van der Waals surface area (Å²) in [6.07, 6.45) is 2.49. The lowest BCUT2D eigenvalue weighted by Gasteiger charge is -2.24. The molecule has 1 aromatic rings. The number of hydrogen-bond acceptors (Lipinski definition) is 7. The molecule has 2 saturated heterocycles. The number of nitrogens with zero attached hydrogens (tertiary/aromatic N) is 2. The van der Waals surface area contributed by atoms with E-state index >= 15 is 0 Å². The van der Waals surface area contributed by atoms with Crippen molar-refractivity contribution in [3.8, 4) is 0 Å². The molecular formula is C14H18N2O5S. The molecule has 3 heterocycles. The van der Waals surface area contributed by atoms with Gasteiger partial charge in [0.25, 0.3) is 0 Å². The molecule has 0 amide bonds. The number of sulfone groups is 1. The van der Waals surface area contributed by atoms with E-state index < -0.39 is 15.3 Å². The van der Waals surface area contributed by atoms with E-state index in [0.29, 0.717) is 32.1 Å². The van der Waals surface area contributed by atoms with Crippen molar-refractivity contribution in [2.75, 3.05) is 44.6 Å². The first-order valence-corrected chi connectivity index (χ1v) is 8.83. The summed E-state index contributed by atoms with van der Waals surface area (Å²) < 4.78 is 33.3. The molecule has 0 N–H and O–H groups in total. The summed E-state index contributed by atoms with van der Waals surface area (Å²) in [5.41, 5.74) is -0.647. The van der Waals surface area contributed by atoms with E-state index in [-0.39, 0.29) is 16.8 Å². The largest absolute Gasteiger partial charge is 0.468 e. The highest BCUT2D eigenvalue weighted by Crippen LogP contribution is 2.43. The molecule has 2 aliphatic rings. The van der Waals surface area contributed by atoms with Crippen LogP contribution in [-0.2, 0) is 24.1 Å². The first kappa shape index (κ1) is 15.2. The van der Waals surface area contributed by atoms with E-state index in [1.165, 1.54) is 19.4 Å². The smallest absolute Gasteiger partial charge is 0.316 e. The third-order valence-corrected chi connectivity index (χ3v) is 5.54. The maximum Gasteiger partial charge on any atom is 0.316 e. The van der Waals surface area contributed by atoms with E-state index in [0.717, 1.165) is 6.26 Å². The maximum absolute atomic E-state index is 12.2. The lowest BCUT2D eigenvalue weighted by Crippen LogP contribution is -2.40. The second kappa shape index (κ2) is 5.20. The molecule has 0 aliphatic carbocycles. The highest BCUT2D eigenvalue weighted by Gasteiger charge is 2.57. The number of fused-ring (bicyclic) bond motifs is 1. The molecule has 0 spiro atoms. The van der Waals surface area contributed by atoms with Gasteiger partial charge in [-0.3, -0.25) is 4.79 Å². The van der Waals surface area contributed by atoms with E-state index in [1.807, 2.05) is 4.90 Å². The van der Waals surface area contributed by atoms with Crippen molar-refractivity contribution in [2.24, 2.45) is 11.3 Å². The van der Waals surface area contributed by atoms with Crippen molar-refractivity contribution in [3.63, 3.8) is 0 Å². The van der Waals surface area contributed by atoms with Gasteiger partial charge in [-0.25, -0.2) is 13.4 Å². The molecule has 8 heteroatoms. The highest BCUT2D eigenvalue weighted by atomic mass is 32.2. The summed E-state index contributed by atoms with van der Waals surface area (Å²) in [7, 11) is -1.88. The Morgan fingerprint density at radius 3 is 2.86 bits per heavy atom. The average molecular weight is 326 g/mol. The SMILES string of the molecule is COC(=O)[C@@]12COC[C@@H]1CN(c1ccc(S(C)(=O)=O)cn1)C2. The lowest BCUT2D eigenvalue weighted by atomic mass is 9.81. The van der Waals surface area contributed by atoms with Crippen LogP contribution in [0.4, 0.5) is 5.82 Å². The van der Waals surface area contributed by atoms with Crippen molar-refractivity contribution in [1.82, 2.24) is 4.98 Å². The number of ether oxygens (including phenoxy) is 2. The van der Waals surface area contributed by atoms with E-state index in [9.17, 15) is 13.2 Å². The van der Waals surface area contributed by atoms with Crippen LogP contribution >= 0.6 is 0 Å². The lowest BCUT2D eigenvalue weighted by molar-refractivity contribution is -0.152. The molecule has 2 fully saturated rings. The Kier molecular flexibility index (Phi) is 3.60. The molecule has 0 saturated carbocycles. The van der Waals surface area contributed by atoms with Crippen LogP contribution in [0.5, 0.6) is 0 Å². The number of aromatic nitrogens is 1. The maximum atomic E-state index is 12.2. The van der Waals surface area contributed by atoms with Gasteiger partial charge in [-0.1, -0.05) is 0 Å². The number of pyridine rings is 1. The standard InChI is InChI=1S/C14H18N2O5S/c1-20-13(17)14-8-16(6-10(14)7-21-9-14)12-4-3-11(5-15-12)22(2,18)19/h3-5,10H,6-9H2,1-2H3/t10-,14-/m0/s1. The van der Waals surface area contributed by atoms with Gasteiger partial charge in [-0.05, 0) is 12.1 Å². The van der Waals surface area contributed by atoms with Gasteiger partial charge in [-0.15, -0.1) is 0 Å². The van der Waals surface area contributed by atoms with Crippen molar-refractivity contribution >= 4 is 21.6 Å². The number of carbonyl (C=O) groups excluding carboxylic acids is 1. The first-order valence-electron chi connectivity index (χ1n) is 6.94. The minimum Gasteiger partial charge on any atom is -0.468 e.